The van der Waals surface area contributed by atoms with E-state index in [1.165, 1.54) is 23.6 Å². The summed E-state index contributed by atoms with van der Waals surface area (Å²) >= 11 is 0. The summed E-state index contributed by atoms with van der Waals surface area (Å²) in [6, 6.07) is 9.67. The van der Waals surface area contributed by atoms with E-state index in [0.717, 1.165) is 31.5 Å². The minimum Gasteiger partial charge on any atom is -0.494 e. The van der Waals surface area contributed by atoms with Crippen molar-refractivity contribution in [3.8, 4) is 5.88 Å². The van der Waals surface area contributed by atoms with Gasteiger partial charge in [-0.25, -0.2) is 4.79 Å². The monoisotopic (exact) mass is 356 g/mol. The fraction of sp³-hybridized carbons (Fsp3) is 0.421. The van der Waals surface area contributed by atoms with Gasteiger partial charge < -0.3 is 5.11 Å². The molecule has 0 unspecified atom stereocenters. The highest BCUT2D eigenvalue weighted by molar-refractivity contribution is 5.81. The van der Waals surface area contributed by atoms with E-state index in [-0.39, 0.29) is 18.0 Å². The molecule has 1 aliphatic rings. The molecule has 1 aromatic carbocycles. The zero-order chi connectivity index (χ0) is 18.4. The summed E-state index contributed by atoms with van der Waals surface area (Å²) in [6.45, 7) is 1.95. The van der Waals surface area contributed by atoms with Crippen molar-refractivity contribution in [1.29, 1.82) is 0 Å². The number of aromatic nitrogens is 2. The molecule has 0 saturated carbocycles. The molecule has 2 N–H and O–H groups in total. The van der Waals surface area contributed by atoms with E-state index < -0.39 is 11.2 Å². The molecule has 0 radical (unpaired) electrons. The molecule has 0 atom stereocenters. The van der Waals surface area contributed by atoms with Crippen molar-refractivity contribution < 1.29 is 5.11 Å². The molecule has 0 amide bonds. The van der Waals surface area contributed by atoms with Gasteiger partial charge >= 0.3 is 5.69 Å². The van der Waals surface area contributed by atoms with Gasteiger partial charge in [-0.1, -0.05) is 43.2 Å². The van der Waals surface area contributed by atoms with Gasteiger partial charge in [-0.15, -0.1) is 0 Å². The van der Waals surface area contributed by atoms with Crippen LogP contribution in [0.5, 0.6) is 5.88 Å². The van der Waals surface area contributed by atoms with E-state index in [4.69, 9.17) is 0 Å². The maximum absolute atomic E-state index is 12.1. The molecule has 0 bridgehead atoms. The molecule has 1 aliphatic heterocycles. The SMILES string of the molecule is O=c1[nH]c(=O)n(CCc2ccccc2)c(O)c1/C=N/N1CCCCCC1. The molecule has 138 valence electrons. The average molecular weight is 356 g/mol. The molecule has 7 heteroatoms. The van der Waals surface area contributed by atoms with Crippen LogP contribution in [-0.2, 0) is 13.0 Å². The number of nitrogens with one attached hydrogen (secondary N) is 1. The lowest BCUT2D eigenvalue weighted by atomic mass is 10.1. The molecule has 1 saturated heterocycles. The van der Waals surface area contributed by atoms with Crippen molar-refractivity contribution in [1.82, 2.24) is 14.6 Å². The van der Waals surface area contributed by atoms with Gasteiger partial charge in [-0.05, 0) is 24.8 Å². The van der Waals surface area contributed by atoms with E-state index in [0.29, 0.717) is 6.42 Å². The van der Waals surface area contributed by atoms with Crippen molar-refractivity contribution in [2.24, 2.45) is 5.10 Å². The molecule has 0 spiro atoms. The minimum absolute atomic E-state index is 0.0157. The smallest absolute Gasteiger partial charge is 0.331 e. The van der Waals surface area contributed by atoms with Crippen LogP contribution in [0.4, 0.5) is 0 Å². The molecule has 7 nitrogen and oxygen atoms in total. The summed E-state index contributed by atoms with van der Waals surface area (Å²) in [4.78, 5) is 26.4. The highest BCUT2D eigenvalue weighted by Crippen LogP contribution is 2.12. The highest BCUT2D eigenvalue weighted by Gasteiger charge is 2.13. The summed E-state index contributed by atoms with van der Waals surface area (Å²) in [6.07, 6.45) is 6.43. The Bertz CT molecular complexity index is 863. The first kappa shape index (κ1) is 18.0. The van der Waals surface area contributed by atoms with Gasteiger partial charge in [0.2, 0.25) is 5.88 Å². The Morgan fingerprint density at radius 1 is 1.08 bits per heavy atom. The van der Waals surface area contributed by atoms with Crippen LogP contribution in [0, 0.1) is 0 Å². The van der Waals surface area contributed by atoms with Crippen LogP contribution in [0.15, 0.2) is 45.0 Å². The second kappa shape index (κ2) is 8.51. The number of aromatic hydroxyl groups is 1. The van der Waals surface area contributed by atoms with Crippen molar-refractivity contribution >= 4 is 6.21 Å². The summed E-state index contributed by atoms with van der Waals surface area (Å²) in [5.41, 5.74) is -0.177. The van der Waals surface area contributed by atoms with E-state index in [1.807, 2.05) is 35.3 Å². The van der Waals surface area contributed by atoms with Crippen LogP contribution >= 0.6 is 0 Å². The van der Waals surface area contributed by atoms with Crippen molar-refractivity contribution in [2.75, 3.05) is 13.1 Å². The summed E-state index contributed by atoms with van der Waals surface area (Å²) in [7, 11) is 0. The van der Waals surface area contributed by atoms with Crippen LogP contribution in [0.3, 0.4) is 0 Å². The van der Waals surface area contributed by atoms with Gasteiger partial charge in [0, 0.05) is 19.6 Å². The second-order valence-electron chi connectivity index (χ2n) is 6.50. The largest absolute Gasteiger partial charge is 0.494 e. The minimum atomic E-state index is -0.623. The average Bonchev–Trinajstić information content (AvgIpc) is 2.91. The Kier molecular flexibility index (Phi) is 5.88. The molecule has 26 heavy (non-hydrogen) atoms. The molecule has 1 fully saturated rings. The zero-order valence-corrected chi connectivity index (χ0v) is 14.7. The quantitative estimate of drug-likeness (QED) is 0.798. The third kappa shape index (κ3) is 4.41. The first-order chi connectivity index (χ1) is 12.6. The number of nitrogens with zero attached hydrogens (tertiary/aromatic N) is 3. The summed E-state index contributed by atoms with van der Waals surface area (Å²) in [5, 5.41) is 16.7. The predicted octanol–water partition coefficient (Wildman–Crippen LogP) is 1.69. The van der Waals surface area contributed by atoms with E-state index in [2.05, 4.69) is 10.1 Å². The lowest BCUT2D eigenvalue weighted by Gasteiger charge is -2.15. The van der Waals surface area contributed by atoms with Crippen molar-refractivity contribution in [3.63, 3.8) is 0 Å². The van der Waals surface area contributed by atoms with Gasteiger partial charge in [0.25, 0.3) is 5.56 Å². The van der Waals surface area contributed by atoms with Gasteiger partial charge in [0.05, 0.1) is 6.21 Å². The number of H-pyrrole nitrogens is 1. The van der Waals surface area contributed by atoms with E-state index in [1.54, 1.807) is 0 Å². The van der Waals surface area contributed by atoms with Crippen LogP contribution in [-0.4, -0.2) is 39.0 Å². The van der Waals surface area contributed by atoms with Crippen LogP contribution in [0.1, 0.15) is 36.8 Å². The molecule has 0 aliphatic carbocycles. The summed E-state index contributed by atoms with van der Waals surface area (Å²) < 4.78 is 1.18. The van der Waals surface area contributed by atoms with Gasteiger partial charge in [-0.2, -0.15) is 5.10 Å². The normalized spacial score (nSPS) is 15.3. The lowest BCUT2D eigenvalue weighted by molar-refractivity contribution is 0.302. The maximum Gasteiger partial charge on any atom is 0.331 e. The number of hydrazone groups is 1. The van der Waals surface area contributed by atoms with E-state index >= 15 is 0 Å². The third-order valence-corrected chi connectivity index (χ3v) is 4.61. The summed E-state index contributed by atoms with van der Waals surface area (Å²) in [5.74, 6) is -0.340. The first-order valence-electron chi connectivity index (χ1n) is 9.04. The second-order valence-corrected chi connectivity index (χ2v) is 6.50. The Hall–Kier alpha value is -2.83. The molecule has 3 rings (SSSR count). The Balaban J connectivity index is 1.81. The van der Waals surface area contributed by atoms with Gasteiger partial charge in [-0.3, -0.25) is 19.4 Å². The Labute approximate surface area is 151 Å². The molecule has 2 aromatic rings. The number of benzene rings is 1. The van der Waals surface area contributed by atoms with Crippen molar-refractivity contribution in [3.05, 3.63) is 62.3 Å². The standard InChI is InChI=1S/C19H24N4O3/c24-17-16(14-20-22-11-6-1-2-7-12-22)18(25)23(19(26)21-17)13-10-15-8-4-3-5-9-15/h3-5,8-9,14,25H,1-2,6-7,10-13H2,(H,21,24,26)/b20-14+. The molecule has 2 heterocycles. The first-order valence-corrected chi connectivity index (χ1v) is 9.04. The predicted molar refractivity (Wildman–Crippen MR) is 101 cm³/mol. The number of aromatic amines is 1. The Morgan fingerprint density at radius 3 is 2.46 bits per heavy atom. The van der Waals surface area contributed by atoms with Crippen LogP contribution < -0.4 is 11.2 Å². The Morgan fingerprint density at radius 2 is 1.77 bits per heavy atom. The number of aryl methyl sites for hydroxylation is 1. The molecular weight excluding hydrogens is 332 g/mol. The van der Waals surface area contributed by atoms with Crippen LogP contribution in [0.25, 0.3) is 0 Å². The fourth-order valence-electron chi connectivity index (χ4n) is 3.09. The maximum atomic E-state index is 12.1. The molecular formula is C19H24N4O3. The van der Waals surface area contributed by atoms with Gasteiger partial charge in [0.15, 0.2) is 0 Å². The van der Waals surface area contributed by atoms with Crippen molar-refractivity contribution in [2.45, 2.75) is 38.6 Å². The van der Waals surface area contributed by atoms with E-state index in [9.17, 15) is 14.7 Å². The number of hydrogen-bond acceptors (Lipinski definition) is 5. The number of rotatable bonds is 5. The zero-order valence-electron chi connectivity index (χ0n) is 14.7. The van der Waals surface area contributed by atoms with Crippen LogP contribution in [0.2, 0.25) is 0 Å². The lowest BCUT2D eigenvalue weighted by Crippen LogP contribution is -2.33. The molecule has 1 aromatic heterocycles. The highest BCUT2D eigenvalue weighted by atomic mass is 16.3. The topological polar surface area (TPSA) is 90.7 Å². The van der Waals surface area contributed by atoms with Gasteiger partial charge in [0.1, 0.15) is 5.56 Å². The number of hydrogen-bond donors (Lipinski definition) is 2. The third-order valence-electron chi connectivity index (χ3n) is 4.61. The fourth-order valence-corrected chi connectivity index (χ4v) is 3.09.